The average Bonchev–Trinajstić information content (AvgIpc) is 2.76. The van der Waals surface area contributed by atoms with E-state index in [0.29, 0.717) is 5.02 Å². The van der Waals surface area contributed by atoms with E-state index >= 15 is 0 Å². The van der Waals surface area contributed by atoms with Gasteiger partial charge in [0.05, 0.1) is 11.4 Å². The van der Waals surface area contributed by atoms with Crippen molar-refractivity contribution in [3.8, 4) is 11.1 Å². The number of thiol groups is 2. The molecule has 1 atom stereocenters. The van der Waals surface area contributed by atoms with E-state index in [-0.39, 0.29) is 43.3 Å². The number of aliphatic carboxylic acids is 2. The van der Waals surface area contributed by atoms with Crippen LogP contribution in [0, 0.1) is 0 Å². The van der Waals surface area contributed by atoms with Gasteiger partial charge in [-0.2, -0.15) is 25.3 Å². The van der Waals surface area contributed by atoms with E-state index in [1.165, 1.54) is 13.8 Å². The molecule has 0 saturated carbocycles. The minimum absolute atomic E-state index is 0. The van der Waals surface area contributed by atoms with Crippen LogP contribution in [-0.2, 0) is 25.7 Å². The molecule has 0 spiro atoms. The Morgan fingerprint density at radius 2 is 1.46 bits per heavy atom. The van der Waals surface area contributed by atoms with Crippen LogP contribution in [0.15, 0.2) is 48.5 Å². The van der Waals surface area contributed by atoms with Gasteiger partial charge >= 0.3 is 41.5 Å². The maximum absolute atomic E-state index is 11.3. The Balaban J connectivity index is 0. The van der Waals surface area contributed by atoms with Crippen LogP contribution in [0.5, 0.6) is 0 Å². The fourth-order valence-corrected chi connectivity index (χ4v) is 2.72. The van der Waals surface area contributed by atoms with Crippen molar-refractivity contribution in [1.82, 2.24) is 5.32 Å². The van der Waals surface area contributed by atoms with E-state index in [4.69, 9.17) is 26.6 Å². The number of ether oxygens (including phenoxy) is 1. The Kier molecular flexibility index (Phi) is 14.6. The number of carboxylic acids is 2. The summed E-state index contributed by atoms with van der Waals surface area (Å²) < 4.78 is 4.54. The summed E-state index contributed by atoms with van der Waals surface area (Å²) in [5.41, 5.74) is 1.90. The van der Waals surface area contributed by atoms with Crippen molar-refractivity contribution >= 4 is 54.7 Å². The molecule has 0 unspecified atom stereocenters. The van der Waals surface area contributed by atoms with Crippen molar-refractivity contribution in [3.05, 3.63) is 59.1 Å². The molecule has 0 aliphatic carbocycles. The number of hydrogen-bond acceptors (Lipinski definition) is 6. The molecule has 0 saturated heterocycles. The molecule has 7 nitrogen and oxygen atoms in total. The average molecular weight is 552 g/mol. The van der Waals surface area contributed by atoms with E-state index in [1.54, 1.807) is 13.8 Å². The van der Waals surface area contributed by atoms with Crippen LogP contribution in [0.1, 0.15) is 34.7 Å². The van der Waals surface area contributed by atoms with Crippen molar-refractivity contribution in [2.75, 3.05) is 5.75 Å². The summed E-state index contributed by atoms with van der Waals surface area (Å²) in [6.07, 6.45) is 0. The zero-order valence-corrected chi connectivity index (χ0v) is 25.0. The molecule has 2 rings (SSSR count). The number of benzene rings is 2. The third-order valence-corrected chi connectivity index (χ3v) is 5.41. The van der Waals surface area contributed by atoms with Gasteiger partial charge in [0.15, 0.2) is 5.60 Å². The Morgan fingerprint density at radius 1 is 1.00 bits per heavy atom. The van der Waals surface area contributed by atoms with Crippen molar-refractivity contribution in [2.24, 2.45) is 0 Å². The molecule has 0 aromatic heterocycles. The Bertz CT molecular complexity index is 986. The molecule has 0 radical (unpaired) electrons. The molecule has 0 fully saturated rings. The first-order chi connectivity index (χ1) is 15.7. The van der Waals surface area contributed by atoms with Gasteiger partial charge < -0.3 is 21.7 Å². The molecule has 11 heteroatoms. The van der Waals surface area contributed by atoms with Gasteiger partial charge in [0, 0.05) is 10.8 Å². The third kappa shape index (κ3) is 12.1. The molecular formula is C24H31ClNNaO6S2. The second-order valence-electron chi connectivity index (χ2n) is 8.41. The smallest absolute Gasteiger partial charge is 1.00 e. The molecule has 3 N–H and O–H groups in total. The maximum Gasteiger partial charge on any atom is 1.00 e. The fraction of sp³-hybridized carbons (Fsp3) is 0.375. The van der Waals surface area contributed by atoms with Gasteiger partial charge in [-0.15, -0.1) is 0 Å². The summed E-state index contributed by atoms with van der Waals surface area (Å²) in [6.45, 7) is 6.51. The number of hydrogen-bond donors (Lipinski definition) is 5. The quantitative estimate of drug-likeness (QED) is 0.239. The standard InChI is InChI=1S/C17H17ClO3.C7H13NO3S2.Na.H/c1-17(2,16(19)20)21-11-12-3-5-13(6-4-12)14-7-9-15(18)10-8-14;1-7(2,13)6(11)8-4(3-12)5(9)10;;/h3-10H,11H2,1-2H3,(H,19,20);4,12-13H,3H2,1-2H3,(H,8,11)(H,9,10);;/q;;+1;-1/t;4-;;/m.0../s1. The third-order valence-electron chi connectivity index (χ3n) is 4.59. The van der Waals surface area contributed by atoms with Crippen LogP contribution in [0.2, 0.25) is 5.02 Å². The van der Waals surface area contributed by atoms with E-state index in [0.717, 1.165) is 16.7 Å². The van der Waals surface area contributed by atoms with E-state index in [9.17, 15) is 14.4 Å². The first-order valence-electron chi connectivity index (χ1n) is 10.3. The van der Waals surface area contributed by atoms with Crippen molar-refractivity contribution in [3.63, 3.8) is 0 Å². The van der Waals surface area contributed by atoms with Gasteiger partial charge in [-0.25, -0.2) is 9.59 Å². The van der Waals surface area contributed by atoms with Crippen molar-refractivity contribution < 1.29 is 60.3 Å². The molecule has 0 aliphatic heterocycles. The summed E-state index contributed by atoms with van der Waals surface area (Å²) in [5, 5.41) is 20.6. The fourth-order valence-electron chi connectivity index (χ4n) is 2.28. The molecule has 2 aromatic rings. The predicted molar refractivity (Wildman–Crippen MR) is 141 cm³/mol. The van der Waals surface area contributed by atoms with Gasteiger partial charge in [-0.05, 0) is 56.5 Å². The molecular weight excluding hydrogens is 521 g/mol. The molecule has 188 valence electrons. The first-order valence-corrected chi connectivity index (χ1v) is 11.7. The van der Waals surface area contributed by atoms with Gasteiger partial charge in [0.25, 0.3) is 0 Å². The number of carbonyl (C=O) groups excluding carboxylic acids is 1. The van der Waals surface area contributed by atoms with E-state index in [2.05, 4.69) is 30.6 Å². The van der Waals surface area contributed by atoms with Crippen LogP contribution in [0.4, 0.5) is 0 Å². The predicted octanol–water partition coefficient (Wildman–Crippen LogP) is 1.70. The summed E-state index contributed by atoms with van der Waals surface area (Å²) in [7, 11) is 0. The van der Waals surface area contributed by atoms with E-state index in [1.807, 2.05) is 48.5 Å². The van der Waals surface area contributed by atoms with Crippen LogP contribution in [0.3, 0.4) is 0 Å². The molecule has 2 aromatic carbocycles. The van der Waals surface area contributed by atoms with Crippen molar-refractivity contribution in [1.29, 1.82) is 0 Å². The Labute approximate surface area is 245 Å². The molecule has 1 amide bonds. The Hall–Kier alpha value is -1.20. The molecule has 35 heavy (non-hydrogen) atoms. The Morgan fingerprint density at radius 3 is 1.83 bits per heavy atom. The number of rotatable bonds is 9. The summed E-state index contributed by atoms with van der Waals surface area (Å²) in [5.74, 6) is -2.43. The largest absolute Gasteiger partial charge is 1.00 e. The number of carbonyl (C=O) groups is 3. The van der Waals surface area contributed by atoms with Crippen LogP contribution in [-0.4, -0.2) is 50.2 Å². The maximum atomic E-state index is 11.3. The second kappa shape index (κ2) is 15.1. The van der Waals surface area contributed by atoms with E-state index < -0.39 is 34.2 Å². The van der Waals surface area contributed by atoms with Gasteiger partial charge in [-0.1, -0.05) is 48.0 Å². The SMILES string of the molecule is CC(C)(OCc1ccc(-c2ccc(Cl)cc2)cc1)C(=O)O.CC(C)(S)C(=O)N[C@@H](CS)C(=O)O.[H-].[Na+]. The number of amides is 1. The zero-order valence-electron chi connectivity index (χ0n) is 21.4. The monoisotopic (exact) mass is 551 g/mol. The van der Waals surface area contributed by atoms with Crippen LogP contribution >= 0.6 is 36.9 Å². The van der Waals surface area contributed by atoms with Crippen LogP contribution < -0.4 is 34.9 Å². The minimum Gasteiger partial charge on any atom is -1.00 e. The molecule has 0 bridgehead atoms. The van der Waals surface area contributed by atoms with Gasteiger partial charge in [-0.3, -0.25) is 4.79 Å². The first kappa shape index (κ1) is 33.8. The number of carboxylic acid groups (broad SMARTS) is 2. The topological polar surface area (TPSA) is 113 Å². The zero-order chi connectivity index (χ0) is 26.1. The minimum atomic E-state index is -1.19. The summed E-state index contributed by atoms with van der Waals surface area (Å²) in [6, 6.07) is 14.5. The number of nitrogens with one attached hydrogen (secondary N) is 1. The summed E-state index contributed by atoms with van der Waals surface area (Å²) in [4.78, 5) is 32.7. The summed E-state index contributed by atoms with van der Waals surface area (Å²) >= 11 is 13.7. The van der Waals surface area contributed by atoms with Crippen molar-refractivity contribution in [2.45, 2.75) is 50.7 Å². The van der Waals surface area contributed by atoms with Crippen LogP contribution in [0.25, 0.3) is 11.1 Å². The normalized spacial score (nSPS) is 11.9. The number of halogens is 1. The molecule has 0 aliphatic rings. The molecule has 0 heterocycles. The van der Waals surface area contributed by atoms with Gasteiger partial charge in [0.2, 0.25) is 5.91 Å². The second-order valence-corrected chi connectivity index (χ2v) is 10.3. The van der Waals surface area contributed by atoms with Gasteiger partial charge in [0.1, 0.15) is 6.04 Å².